The Morgan fingerprint density at radius 3 is 2.02 bits per heavy atom. The molecule has 4 aromatic rings. The molecular formula is C39H40N2O5. The highest BCUT2D eigenvalue weighted by Gasteiger charge is 2.42. The molecule has 0 unspecified atom stereocenters. The maximum atomic E-state index is 14.6. The van der Waals surface area contributed by atoms with E-state index >= 15 is 0 Å². The van der Waals surface area contributed by atoms with Crippen LogP contribution in [0, 0.1) is 0 Å². The molecule has 0 bridgehead atoms. The molecule has 0 saturated heterocycles. The lowest BCUT2D eigenvalue weighted by atomic mass is 9.77. The zero-order valence-corrected chi connectivity index (χ0v) is 27.2. The van der Waals surface area contributed by atoms with Gasteiger partial charge in [0.05, 0.1) is 38.7 Å². The maximum absolute atomic E-state index is 14.6. The number of carbonyl (C=O) groups excluding carboxylic acids is 2. The van der Waals surface area contributed by atoms with Crippen LogP contribution < -0.4 is 24.4 Å². The summed E-state index contributed by atoms with van der Waals surface area (Å²) in [6.45, 7) is 6.59. The number of Topliss-reactive ketones (excluding diaryl/α,β-unsaturated/α-hetero) is 1. The van der Waals surface area contributed by atoms with Gasteiger partial charge >= 0.3 is 0 Å². The third-order valence-corrected chi connectivity index (χ3v) is 8.98. The Kier molecular flexibility index (Phi) is 8.34. The minimum atomic E-state index is -0.774. The summed E-state index contributed by atoms with van der Waals surface area (Å²) in [5.74, 6) is 1.06. The van der Waals surface area contributed by atoms with Crippen LogP contribution in [0.15, 0.2) is 102 Å². The van der Waals surface area contributed by atoms with Crippen molar-refractivity contribution in [3.63, 3.8) is 0 Å². The van der Waals surface area contributed by atoms with Crippen molar-refractivity contribution < 1.29 is 23.8 Å². The number of rotatable bonds is 6. The number of ketones is 1. The number of para-hydroxylation sites is 2. The fraction of sp³-hybridized carbons (Fsp3) is 0.282. The van der Waals surface area contributed by atoms with Gasteiger partial charge in [-0.15, -0.1) is 0 Å². The first-order chi connectivity index (χ1) is 22.1. The molecule has 1 N–H and O–H groups in total. The van der Waals surface area contributed by atoms with Crippen LogP contribution in [0.5, 0.6) is 17.2 Å². The Hall–Kier alpha value is -5.04. The maximum Gasteiger partial charge on any atom is 0.259 e. The lowest BCUT2D eigenvalue weighted by Crippen LogP contribution is -2.38. The molecule has 1 heterocycles. The highest BCUT2D eigenvalue weighted by Crippen LogP contribution is 2.50. The Balaban J connectivity index is 1.57. The third-order valence-electron chi connectivity index (χ3n) is 8.98. The van der Waals surface area contributed by atoms with Crippen LogP contribution >= 0.6 is 0 Å². The topological polar surface area (TPSA) is 77.1 Å². The molecule has 1 aliphatic carbocycles. The van der Waals surface area contributed by atoms with Crippen molar-refractivity contribution >= 4 is 23.1 Å². The molecule has 4 aromatic carbocycles. The monoisotopic (exact) mass is 616 g/mol. The van der Waals surface area contributed by atoms with Gasteiger partial charge in [0, 0.05) is 23.3 Å². The average Bonchev–Trinajstić information content (AvgIpc) is 3.22. The zero-order chi connectivity index (χ0) is 32.6. The van der Waals surface area contributed by atoms with E-state index in [1.54, 1.807) is 38.4 Å². The molecule has 46 heavy (non-hydrogen) atoms. The van der Waals surface area contributed by atoms with Gasteiger partial charge in [-0.05, 0) is 70.8 Å². The van der Waals surface area contributed by atoms with E-state index in [0.717, 1.165) is 16.9 Å². The summed E-state index contributed by atoms with van der Waals surface area (Å²) in [4.78, 5) is 30.9. The number of ether oxygens (including phenoxy) is 3. The molecule has 1 amide bonds. The number of fused-ring (bicyclic) bond motifs is 1. The minimum Gasteiger partial charge on any atom is -0.493 e. The van der Waals surface area contributed by atoms with Crippen molar-refractivity contribution in [3.8, 4) is 17.2 Å². The fourth-order valence-electron chi connectivity index (χ4n) is 6.60. The van der Waals surface area contributed by atoms with Crippen molar-refractivity contribution in [1.82, 2.24) is 0 Å². The molecule has 0 radical (unpaired) electrons. The Bertz CT molecular complexity index is 1780. The van der Waals surface area contributed by atoms with Gasteiger partial charge in [-0.2, -0.15) is 0 Å². The van der Waals surface area contributed by atoms with Gasteiger partial charge in [-0.3, -0.25) is 14.5 Å². The highest BCUT2D eigenvalue weighted by molar-refractivity contribution is 6.12. The summed E-state index contributed by atoms with van der Waals surface area (Å²) >= 11 is 0. The minimum absolute atomic E-state index is 0.0168. The summed E-state index contributed by atoms with van der Waals surface area (Å²) in [6.07, 6.45) is 0.929. The molecule has 0 fully saturated rings. The predicted octanol–water partition coefficient (Wildman–Crippen LogP) is 8.22. The SMILES string of the molecule is COc1cc([C@@H]2C3=C(C[C@H](c4ccc(C(C)(C)C)cc4)CC3=O)Nc3ccccc3N2C(=O)c2ccccc2)cc(OC)c1OC. The van der Waals surface area contributed by atoms with E-state index in [0.29, 0.717) is 52.5 Å². The first-order valence-electron chi connectivity index (χ1n) is 15.6. The van der Waals surface area contributed by atoms with E-state index < -0.39 is 6.04 Å². The number of benzene rings is 4. The first-order valence-corrected chi connectivity index (χ1v) is 15.6. The van der Waals surface area contributed by atoms with Crippen molar-refractivity contribution in [2.45, 2.75) is 51.0 Å². The van der Waals surface area contributed by atoms with Crippen molar-refractivity contribution in [2.75, 3.05) is 31.5 Å². The Morgan fingerprint density at radius 1 is 0.783 bits per heavy atom. The number of nitrogens with one attached hydrogen (secondary N) is 1. The van der Waals surface area contributed by atoms with Crippen molar-refractivity contribution in [1.29, 1.82) is 0 Å². The normalized spacial score (nSPS) is 17.8. The number of hydrogen-bond acceptors (Lipinski definition) is 6. The van der Waals surface area contributed by atoms with Gasteiger partial charge in [0.15, 0.2) is 17.3 Å². The summed E-state index contributed by atoms with van der Waals surface area (Å²) in [7, 11) is 4.67. The summed E-state index contributed by atoms with van der Waals surface area (Å²) in [5.41, 5.74) is 6.37. The van der Waals surface area contributed by atoms with E-state index in [-0.39, 0.29) is 23.0 Å². The second-order valence-electron chi connectivity index (χ2n) is 12.8. The third kappa shape index (κ3) is 5.62. The lowest BCUT2D eigenvalue weighted by Gasteiger charge is -2.35. The number of carbonyl (C=O) groups is 2. The average molecular weight is 617 g/mol. The second kappa shape index (κ2) is 12.4. The molecule has 7 heteroatoms. The van der Waals surface area contributed by atoms with Crippen molar-refractivity contribution in [3.05, 3.63) is 125 Å². The van der Waals surface area contributed by atoms with E-state index in [2.05, 4.69) is 50.4 Å². The Morgan fingerprint density at radius 2 is 1.41 bits per heavy atom. The second-order valence-corrected chi connectivity index (χ2v) is 12.8. The van der Waals surface area contributed by atoms with E-state index in [1.165, 1.54) is 5.56 Å². The molecule has 6 rings (SSSR count). The predicted molar refractivity (Wildman–Crippen MR) is 181 cm³/mol. The van der Waals surface area contributed by atoms with Gasteiger partial charge in [0.2, 0.25) is 5.75 Å². The smallest absolute Gasteiger partial charge is 0.259 e. The molecular weight excluding hydrogens is 576 g/mol. The zero-order valence-electron chi connectivity index (χ0n) is 27.2. The molecule has 2 atom stereocenters. The number of allylic oxidation sites excluding steroid dienone is 1. The summed E-state index contributed by atoms with van der Waals surface area (Å²) < 4.78 is 17.1. The van der Waals surface area contributed by atoms with Gasteiger partial charge in [0.1, 0.15) is 0 Å². The quantitative estimate of drug-likeness (QED) is 0.235. The van der Waals surface area contributed by atoms with Gasteiger partial charge in [-0.1, -0.05) is 75.4 Å². The van der Waals surface area contributed by atoms with Crippen molar-refractivity contribution in [2.24, 2.45) is 0 Å². The standard InChI is InChI=1S/C39H40N2O5/c1-39(2,3)28-18-16-24(17-19-28)26-20-30-35(32(42)21-26)36(27-22-33(44-4)37(46-6)34(23-27)45-5)41(31-15-11-10-14-29(31)40-30)38(43)25-12-8-7-9-13-25/h7-19,22-23,26,36,40H,20-21H2,1-6H3/t26-,36+/m0/s1. The molecule has 0 aromatic heterocycles. The summed E-state index contributed by atoms with van der Waals surface area (Å²) in [5, 5.41) is 3.62. The summed E-state index contributed by atoms with van der Waals surface area (Å²) in [6, 6.07) is 28.4. The van der Waals surface area contributed by atoms with E-state index in [9.17, 15) is 9.59 Å². The van der Waals surface area contributed by atoms with Gasteiger partial charge < -0.3 is 19.5 Å². The molecule has 2 aliphatic rings. The lowest BCUT2D eigenvalue weighted by molar-refractivity contribution is -0.116. The van der Waals surface area contributed by atoms with Crippen LogP contribution in [0.25, 0.3) is 0 Å². The Labute approximate surface area is 270 Å². The molecule has 7 nitrogen and oxygen atoms in total. The number of nitrogens with zero attached hydrogens (tertiary/aromatic N) is 1. The van der Waals surface area contributed by atoms with Crippen LogP contribution in [0.2, 0.25) is 0 Å². The molecule has 1 aliphatic heterocycles. The van der Waals surface area contributed by atoms with E-state index in [1.807, 2.05) is 54.6 Å². The number of methoxy groups -OCH3 is 3. The van der Waals surface area contributed by atoms with Gasteiger partial charge in [-0.25, -0.2) is 0 Å². The molecule has 0 saturated carbocycles. The number of anilines is 2. The van der Waals surface area contributed by atoms with E-state index in [4.69, 9.17) is 14.2 Å². The van der Waals surface area contributed by atoms with Crippen LogP contribution in [0.1, 0.15) is 72.6 Å². The van der Waals surface area contributed by atoms with Gasteiger partial charge in [0.25, 0.3) is 5.91 Å². The molecule has 236 valence electrons. The number of amides is 1. The highest BCUT2D eigenvalue weighted by atomic mass is 16.5. The first kappa shape index (κ1) is 31.0. The van der Waals surface area contributed by atoms with Crippen LogP contribution in [0.3, 0.4) is 0 Å². The van der Waals surface area contributed by atoms with Crippen LogP contribution in [-0.2, 0) is 10.2 Å². The number of hydrogen-bond donors (Lipinski definition) is 1. The fourth-order valence-corrected chi connectivity index (χ4v) is 6.60. The largest absolute Gasteiger partial charge is 0.493 e. The molecule has 0 spiro atoms. The van der Waals surface area contributed by atoms with Crippen LogP contribution in [-0.4, -0.2) is 33.0 Å². The van der Waals surface area contributed by atoms with Crippen LogP contribution in [0.4, 0.5) is 11.4 Å².